The highest BCUT2D eigenvalue weighted by molar-refractivity contribution is 7.92. The Balaban J connectivity index is 2.40. The van der Waals surface area contributed by atoms with Crippen molar-refractivity contribution >= 4 is 15.7 Å². The molecule has 4 nitrogen and oxygen atoms in total. The number of halogens is 1. The Hall–Kier alpha value is -1.92. The molecule has 0 bridgehead atoms. The molecule has 0 radical (unpaired) electrons. The molecule has 2 N–H and O–H groups in total. The van der Waals surface area contributed by atoms with Gasteiger partial charge in [-0.2, -0.15) is 0 Å². The van der Waals surface area contributed by atoms with E-state index in [-0.39, 0.29) is 6.61 Å². The predicted molar refractivity (Wildman–Crippen MR) is 79.0 cm³/mol. The molecule has 2 aromatic carbocycles. The summed E-state index contributed by atoms with van der Waals surface area (Å²) in [5.74, 6) is -0.858. The van der Waals surface area contributed by atoms with Crippen molar-refractivity contribution in [2.45, 2.75) is 25.3 Å². The van der Waals surface area contributed by atoms with Crippen molar-refractivity contribution in [3.8, 4) is 0 Å². The molecule has 0 saturated carbocycles. The number of hydrogen-bond acceptors (Lipinski definition) is 3. The Bertz CT molecular complexity index is 772. The van der Waals surface area contributed by atoms with Crippen molar-refractivity contribution in [2.24, 2.45) is 0 Å². The van der Waals surface area contributed by atoms with Crippen LogP contribution in [0.2, 0.25) is 0 Å². The summed E-state index contributed by atoms with van der Waals surface area (Å²) in [4.78, 5) is -0.479. The van der Waals surface area contributed by atoms with Crippen LogP contribution in [0, 0.1) is 19.7 Å². The summed E-state index contributed by atoms with van der Waals surface area (Å²) in [5, 5.41) is 9.04. The van der Waals surface area contributed by atoms with E-state index < -0.39 is 20.7 Å². The molecule has 0 spiro atoms. The van der Waals surface area contributed by atoms with Crippen LogP contribution in [-0.4, -0.2) is 13.5 Å². The molecule has 0 heterocycles. The first-order chi connectivity index (χ1) is 9.83. The second kappa shape index (κ2) is 5.83. The van der Waals surface area contributed by atoms with Gasteiger partial charge in [-0.3, -0.25) is 4.72 Å². The number of anilines is 1. The lowest BCUT2D eigenvalue weighted by Gasteiger charge is -2.11. The number of aryl methyl sites for hydroxylation is 2. The van der Waals surface area contributed by atoms with Crippen molar-refractivity contribution in [1.82, 2.24) is 0 Å². The summed E-state index contributed by atoms with van der Waals surface area (Å²) in [6.45, 7) is 3.42. The van der Waals surface area contributed by atoms with Crippen molar-refractivity contribution in [2.75, 3.05) is 4.72 Å². The summed E-state index contributed by atoms with van der Waals surface area (Å²) in [6, 6.07) is 8.58. The lowest BCUT2D eigenvalue weighted by molar-refractivity contribution is 0.281. The number of aliphatic hydroxyl groups is 1. The lowest BCUT2D eigenvalue weighted by atomic mass is 10.1. The maximum absolute atomic E-state index is 13.7. The number of nitrogens with one attached hydrogen (secondary N) is 1. The third-order valence-corrected chi connectivity index (χ3v) is 4.62. The average molecular weight is 309 g/mol. The SMILES string of the molecule is Cc1ccc(NS(=O)(=O)c2cc(CO)ccc2F)cc1C. The molecule has 0 unspecified atom stereocenters. The van der Waals surface area contributed by atoms with Crippen molar-refractivity contribution in [3.05, 3.63) is 58.9 Å². The number of sulfonamides is 1. The fraction of sp³-hybridized carbons (Fsp3) is 0.200. The number of benzene rings is 2. The Morgan fingerprint density at radius 3 is 2.43 bits per heavy atom. The van der Waals surface area contributed by atoms with Crippen LogP contribution in [0.15, 0.2) is 41.3 Å². The van der Waals surface area contributed by atoms with E-state index in [4.69, 9.17) is 5.11 Å². The van der Waals surface area contributed by atoms with E-state index in [9.17, 15) is 12.8 Å². The molecule has 0 aliphatic rings. The smallest absolute Gasteiger partial charge is 0.264 e. The van der Waals surface area contributed by atoms with E-state index in [2.05, 4.69) is 4.72 Å². The van der Waals surface area contributed by atoms with E-state index in [1.54, 1.807) is 18.2 Å². The minimum absolute atomic E-state index is 0.330. The predicted octanol–water partition coefficient (Wildman–Crippen LogP) is 2.74. The van der Waals surface area contributed by atoms with Crippen LogP contribution in [0.5, 0.6) is 0 Å². The Morgan fingerprint density at radius 2 is 1.81 bits per heavy atom. The maximum atomic E-state index is 13.7. The number of rotatable bonds is 4. The minimum Gasteiger partial charge on any atom is -0.392 e. The van der Waals surface area contributed by atoms with Gasteiger partial charge in [-0.05, 0) is 54.8 Å². The van der Waals surface area contributed by atoms with Gasteiger partial charge in [0.05, 0.1) is 6.61 Å². The molecule has 0 aliphatic carbocycles. The molecular weight excluding hydrogens is 293 g/mol. The highest BCUT2D eigenvalue weighted by atomic mass is 32.2. The molecule has 0 atom stereocenters. The normalized spacial score (nSPS) is 11.4. The summed E-state index contributed by atoms with van der Waals surface area (Å²) in [7, 11) is -4.04. The minimum atomic E-state index is -4.04. The largest absolute Gasteiger partial charge is 0.392 e. The first kappa shape index (κ1) is 15.5. The third-order valence-electron chi connectivity index (χ3n) is 3.23. The lowest BCUT2D eigenvalue weighted by Crippen LogP contribution is -2.15. The first-order valence-electron chi connectivity index (χ1n) is 6.33. The average Bonchev–Trinajstić information content (AvgIpc) is 2.43. The Morgan fingerprint density at radius 1 is 1.10 bits per heavy atom. The van der Waals surface area contributed by atoms with Crippen LogP contribution in [-0.2, 0) is 16.6 Å². The molecule has 2 rings (SSSR count). The monoisotopic (exact) mass is 309 g/mol. The quantitative estimate of drug-likeness (QED) is 0.912. The molecule has 0 aliphatic heterocycles. The standard InChI is InChI=1S/C15H16FNO3S/c1-10-3-5-13(7-11(10)2)17-21(19,20)15-8-12(9-18)4-6-14(15)16/h3-8,17-18H,9H2,1-2H3. The van der Waals surface area contributed by atoms with Crippen LogP contribution in [0.3, 0.4) is 0 Å². The van der Waals surface area contributed by atoms with Crippen LogP contribution >= 0.6 is 0 Å². The summed E-state index contributed by atoms with van der Waals surface area (Å²) in [6.07, 6.45) is 0. The molecule has 0 saturated heterocycles. The van der Waals surface area contributed by atoms with Gasteiger partial charge in [0.2, 0.25) is 0 Å². The van der Waals surface area contributed by atoms with Gasteiger partial charge in [-0.15, -0.1) is 0 Å². The van der Waals surface area contributed by atoms with E-state index in [1.807, 2.05) is 13.8 Å². The summed E-state index contributed by atoms with van der Waals surface area (Å²) >= 11 is 0. The summed E-state index contributed by atoms with van der Waals surface area (Å²) < 4.78 is 40.6. The maximum Gasteiger partial charge on any atom is 0.264 e. The molecule has 6 heteroatoms. The van der Waals surface area contributed by atoms with Crippen molar-refractivity contribution < 1.29 is 17.9 Å². The van der Waals surface area contributed by atoms with Gasteiger partial charge >= 0.3 is 0 Å². The zero-order valence-corrected chi connectivity index (χ0v) is 12.5. The Kier molecular flexibility index (Phi) is 4.29. The van der Waals surface area contributed by atoms with Gasteiger partial charge in [0, 0.05) is 5.69 Å². The van der Waals surface area contributed by atoms with E-state index in [0.29, 0.717) is 11.3 Å². The fourth-order valence-corrected chi connectivity index (χ4v) is 3.05. The van der Waals surface area contributed by atoms with Gasteiger partial charge in [0.1, 0.15) is 10.7 Å². The van der Waals surface area contributed by atoms with Crippen LogP contribution in [0.25, 0.3) is 0 Å². The van der Waals surface area contributed by atoms with E-state index in [1.165, 1.54) is 6.07 Å². The van der Waals surface area contributed by atoms with Gasteiger partial charge < -0.3 is 5.11 Å². The van der Waals surface area contributed by atoms with Crippen molar-refractivity contribution in [1.29, 1.82) is 0 Å². The molecule has 21 heavy (non-hydrogen) atoms. The van der Waals surface area contributed by atoms with E-state index in [0.717, 1.165) is 23.3 Å². The second-order valence-corrected chi connectivity index (χ2v) is 6.48. The van der Waals surface area contributed by atoms with E-state index >= 15 is 0 Å². The second-order valence-electron chi connectivity index (χ2n) is 4.83. The van der Waals surface area contributed by atoms with Crippen LogP contribution in [0.4, 0.5) is 10.1 Å². The molecule has 0 aromatic heterocycles. The molecule has 0 fully saturated rings. The van der Waals surface area contributed by atoms with Gasteiger partial charge in [0.15, 0.2) is 0 Å². The highest BCUT2D eigenvalue weighted by Crippen LogP contribution is 2.22. The first-order valence-corrected chi connectivity index (χ1v) is 7.81. The number of hydrogen-bond donors (Lipinski definition) is 2. The van der Waals surface area contributed by atoms with Gasteiger partial charge in [-0.25, -0.2) is 12.8 Å². The third kappa shape index (κ3) is 3.40. The molecule has 2 aromatic rings. The topological polar surface area (TPSA) is 66.4 Å². The van der Waals surface area contributed by atoms with Crippen LogP contribution in [0.1, 0.15) is 16.7 Å². The molecule has 0 amide bonds. The van der Waals surface area contributed by atoms with Crippen LogP contribution < -0.4 is 4.72 Å². The van der Waals surface area contributed by atoms with Crippen molar-refractivity contribution in [3.63, 3.8) is 0 Å². The zero-order chi connectivity index (χ0) is 15.6. The Labute approximate surface area is 123 Å². The highest BCUT2D eigenvalue weighted by Gasteiger charge is 2.19. The van der Waals surface area contributed by atoms with Gasteiger partial charge in [0.25, 0.3) is 10.0 Å². The van der Waals surface area contributed by atoms with Gasteiger partial charge in [-0.1, -0.05) is 12.1 Å². The number of aliphatic hydroxyl groups excluding tert-OH is 1. The molecule has 112 valence electrons. The fourth-order valence-electron chi connectivity index (χ4n) is 1.87. The molecular formula is C15H16FNO3S. The zero-order valence-electron chi connectivity index (χ0n) is 11.7. The summed E-state index contributed by atoms with van der Waals surface area (Å²) in [5.41, 5.74) is 2.66.